The maximum Gasteiger partial charge on any atom is 0.258 e. The Bertz CT molecular complexity index is 1980. The summed E-state index contributed by atoms with van der Waals surface area (Å²) in [6.45, 7) is 6.20. The molecular formula is C34H38N2O8. The van der Waals surface area contributed by atoms with Gasteiger partial charge in [0.25, 0.3) is 5.56 Å². The standard InChI is InChI=1S/C34H38N2O8/c1-33(2)24-18(22-27(37)16-10-12-20(39-6)29(41-8)25(16)36(5)32(22)44-33)14-34(3)15-19(24)23-28(43-34)17-11-13-21(40-7)30(42-9)26(17)35(4)31(23)38/h10-13,18-19,24H,14-15H2,1-9H3/t18-,19+,24+,34-/m0/s1. The molecule has 2 aliphatic heterocycles. The third-order valence-electron chi connectivity index (χ3n) is 10.2. The molecule has 0 saturated heterocycles. The van der Waals surface area contributed by atoms with Crippen molar-refractivity contribution in [2.75, 3.05) is 28.4 Å². The van der Waals surface area contributed by atoms with E-state index in [1.165, 1.54) is 0 Å². The molecule has 2 aromatic heterocycles. The van der Waals surface area contributed by atoms with E-state index in [9.17, 15) is 9.59 Å². The zero-order valence-electron chi connectivity index (χ0n) is 26.6. The first-order valence-electron chi connectivity index (χ1n) is 14.8. The summed E-state index contributed by atoms with van der Waals surface area (Å²) >= 11 is 0. The highest BCUT2D eigenvalue weighted by molar-refractivity contribution is 5.94. The number of aromatic nitrogens is 2. The first-order chi connectivity index (χ1) is 20.9. The van der Waals surface area contributed by atoms with Crippen molar-refractivity contribution < 1.29 is 28.4 Å². The van der Waals surface area contributed by atoms with Crippen LogP contribution < -0.4 is 39.4 Å². The van der Waals surface area contributed by atoms with Crippen LogP contribution in [0.1, 0.15) is 56.6 Å². The number of pyridine rings is 2. The van der Waals surface area contributed by atoms with Crippen LogP contribution in [0.15, 0.2) is 33.9 Å². The third kappa shape index (κ3) is 3.53. The van der Waals surface area contributed by atoms with Gasteiger partial charge >= 0.3 is 0 Å². The number of fused-ring (bicyclic) bond motifs is 11. The minimum absolute atomic E-state index is 0.105. The molecule has 232 valence electrons. The van der Waals surface area contributed by atoms with Gasteiger partial charge in [-0.1, -0.05) is 0 Å². The van der Waals surface area contributed by atoms with Gasteiger partial charge in [0.1, 0.15) is 28.0 Å². The largest absolute Gasteiger partial charge is 0.493 e. The number of benzene rings is 2. The van der Waals surface area contributed by atoms with Crippen LogP contribution >= 0.6 is 0 Å². The van der Waals surface area contributed by atoms with Gasteiger partial charge < -0.3 is 37.6 Å². The predicted octanol–water partition coefficient (Wildman–Crippen LogP) is 5.02. The van der Waals surface area contributed by atoms with Crippen LogP contribution in [0.4, 0.5) is 0 Å². The lowest BCUT2D eigenvalue weighted by molar-refractivity contribution is -0.0833. The smallest absolute Gasteiger partial charge is 0.258 e. The fourth-order valence-electron chi connectivity index (χ4n) is 8.52. The highest BCUT2D eigenvalue weighted by Gasteiger charge is 2.59. The van der Waals surface area contributed by atoms with E-state index < -0.39 is 11.2 Å². The average molecular weight is 603 g/mol. The summed E-state index contributed by atoms with van der Waals surface area (Å²) in [5.41, 5.74) is 0.839. The van der Waals surface area contributed by atoms with Crippen LogP contribution in [0.5, 0.6) is 34.6 Å². The molecule has 2 bridgehead atoms. The Balaban J connectivity index is 1.51. The molecule has 0 N–H and O–H groups in total. The van der Waals surface area contributed by atoms with Crippen LogP contribution in [0.25, 0.3) is 21.8 Å². The van der Waals surface area contributed by atoms with Gasteiger partial charge in [-0.15, -0.1) is 0 Å². The van der Waals surface area contributed by atoms with Gasteiger partial charge in [-0.3, -0.25) is 9.59 Å². The fraction of sp³-hybridized carbons (Fsp3) is 0.471. The van der Waals surface area contributed by atoms with E-state index in [1.54, 1.807) is 52.2 Å². The maximum atomic E-state index is 14.4. The Kier molecular flexibility index (Phi) is 6.03. The van der Waals surface area contributed by atoms with Crippen LogP contribution in [0, 0.1) is 5.92 Å². The summed E-state index contributed by atoms with van der Waals surface area (Å²) in [7, 11) is 9.92. The Morgan fingerprint density at radius 3 is 1.84 bits per heavy atom. The van der Waals surface area contributed by atoms with E-state index in [0.29, 0.717) is 75.0 Å². The van der Waals surface area contributed by atoms with Gasteiger partial charge in [-0.25, -0.2) is 0 Å². The predicted molar refractivity (Wildman–Crippen MR) is 167 cm³/mol. The molecule has 1 saturated carbocycles. The van der Waals surface area contributed by atoms with Crippen LogP contribution in [0.2, 0.25) is 0 Å². The van der Waals surface area contributed by atoms with E-state index in [-0.39, 0.29) is 28.7 Å². The summed E-state index contributed by atoms with van der Waals surface area (Å²) in [5, 5.41) is 1.31. The van der Waals surface area contributed by atoms with Gasteiger partial charge in [-0.2, -0.15) is 0 Å². The highest BCUT2D eigenvalue weighted by atomic mass is 16.5. The Morgan fingerprint density at radius 2 is 1.27 bits per heavy atom. The van der Waals surface area contributed by atoms with Crippen molar-refractivity contribution in [2.45, 2.75) is 56.7 Å². The number of nitrogens with zero attached hydrogens (tertiary/aromatic N) is 2. The molecule has 1 fully saturated rings. The van der Waals surface area contributed by atoms with Crippen molar-refractivity contribution in [3.8, 4) is 34.6 Å². The number of rotatable bonds is 4. The normalized spacial score (nSPS) is 24.4. The van der Waals surface area contributed by atoms with Gasteiger partial charge in [0.15, 0.2) is 28.4 Å². The van der Waals surface area contributed by atoms with Gasteiger partial charge in [-0.05, 0) is 57.9 Å². The zero-order valence-corrected chi connectivity index (χ0v) is 26.6. The maximum absolute atomic E-state index is 14.4. The highest BCUT2D eigenvalue weighted by Crippen LogP contribution is 2.62. The summed E-state index contributed by atoms with van der Waals surface area (Å²) < 4.78 is 39.8. The minimum Gasteiger partial charge on any atom is -0.493 e. The molecule has 10 heteroatoms. The molecule has 7 rings (SSSR count). The van der Waals surface area contributed by atoms with Gasteiger partial charge in [0.2, 0.25) is 5.88 Å². The van der Waals surface area contributed by atoms with E-state index in [2.05, 4.69) is 20.8 Å². The Hall–Kier alpha value is -4.34. The lowest BCUT2D eigenvalue weighted by atomic mass is 9.56. The molecule has 0 amide bonds. The second-order valence-electron chi connectivity index (χ2n) is 13.0. The van der Waals surface area contributed by atoms with Crippen molar-refractivity contribution in [1.82, 2.24) is 9.13 Å². The minimum atomic E-state index is -0.722. The first-order valence-corrected chi connectivity index (χ1v) is 14.8. The summed E-state index contributed by atoms with van der Waals surface area (Å²) in [5.74, 6) is 2.51. The molecule has 44 heavy (non-hydrogen) atoms. The molecule has 10 nitrogen and oxygen atoms in total. The van der Waals surface area contributed by atoms with Crippen LogP contribution in [-0.4, -0.2) is 48.8 Å². The van der Waals surface area contributed by atoms with Crippen LogP contribution in [0.3, 0.4) is 0 Å². The van der Waals surface area contributed by atoms with Crippen molar-refractivity contribution in [1.29, 1.82) is 0 Å². The summed E-state index contributed by atoms with van der Waals surface area (Å²) in [4.78, 5) is 28.7. The summed E-state index contributed by atoms with van der Waals surface area (Å²) in [6, 6.07) is 7.31. The Labute approximate surface area is 255 Å². The van der Waals surface area contributed by atoms with E-state index in [4.69, 9.17) is 28.4 Å². The molecule has 0 unspecified atom stereocenters. The SMILES string of the molecule is COc1ccc2c(=O)c3c(n(C)c2c1OC)OC(C)(C)[C@H]1[C@@H]2C[C@](C)(C[C@@H]31)Oc1c2c(=O)n(C)c2c(OC)c(OC)ccc12. The molecule has 4 aromatic rings. The number of ether oxygens (including phenoxy) is 6. The quantitative estimate of drug-likeness (QED) is 0.321. The Morgan fingerprint density at radius 1 is 0.727 bits per heavy atom. The molecule has 1 aliphatic carbocycles. The fourth-order valence-corrected chi connectivity index (χ4v) is 8.52. The first kappa shape index (κ1) is 28.4. The lowest BCUT2D eigenvalue weighted by Gasteiger charge is -2.57. The second-order valence-corrected chi connectivity index (χ2v) is 13.0. The monoisotopic (exact) mass is 602 g/mol. The number of hydrogen-bond acceptors (Lipinski definition) is 8. The third-order valence-corrected chi connectivity index (χ3v) is 10.2. The van der Waals surface area contributed by atoms with Gasteiger partial charge in [0.05, 0.1) is 45.0 Å². The lowest BCUT2D eigenvalue weighted by Crippen LogP contribution is -2.58. The van der Waals surface area contributed by atoms with Crippen molar-refractivity contribution in [3.05, 3.63) is 56.0 Å². The molecule has 4 heterocycles. The van der Waals surface area contributed by atoms with E-state index in [1.807, 2.05) is 23.7 Å². The number of hydrogen-bond donors (Lipinski definition) is 0. The van der Waals surface area contributed by atoms with Crippen molar-refractivity contribution in [3.63, 3.8) is 0 Å². The second kappa shape index (κ2) is 9.33. The van der Waals surface area contributed by atoms with E-state index in [0.717, 1.165) is 5.39 Å². The average Bonchev–Trinajstić information content (AvgIpc) is 2.99. The zero-order chi connectivity index (χ0) is 31.5. The molecular weight excluding hydrogens is 564 g/mol. The van der Waals surface area contributed by atoms with Crippen molar-refractivity contribution in [2.24, 2.45) is 20.0 Å². The summed E-state index contributed by atoms with van der Waals surface area (Å²) in [6.07, 6.45) is 1.22. The molecule has 2 aromatic carbocycles. The van der Waals surface area contributed by atoms with Crippen LogP contribution in [-0.2, 0) is 14.1 Å². The molecule has 3 aliphatic rings. The van der Waals surface area contributed by atoms with E-state index >= 15 is 0 Å². The molecule has 0 radical (unpaired) electrons. The van der Waals surface area contributed by atoms with Crippen molar-refractivity contribution >= 4 is 21.8 Å². The topological polar surface area (TPSA) is 99.4 Å². The molecule has 0 spiro atoms. The molecule has 4 atom stereocenters. The van der Waals surface area contributed by atoms with Gasteiger partial charge in [0, 0.05) is 37.2 Å². The number of aryl methyl sites for hydroxylation is 2. The number of methoxy groups -OCH3 is 4.